The third-order valence-electron chi connectivity index (χ3n) is 4.16. The quantitative estimate of drug-likeness (QED) is 0.857. The van der Waals surface area contributed by atoms with Crippen molar-refractivity contribution in [3.63, 3.8) is 0 Å². The number of benzene rings is 2. The van der Waals surface area contributed by atoms with Crippen LogP contribution in [0.25, 0.3) is 0 Å². The highest BCUT2D eigenvalue weighted by molar-refractivity contribution is 5.99. The summed E-state index contributed by atoms with van der Waals surface area (Å²) in [5.74, 6) is 0.0293. The maximum Gasteiger partial charge on any atom is 0.234 e. The summed E-state index contributed by atoms with van der Waals surface area (Å²) < 4.78 is 0. The molecule has 1 atom stereocenters. The molecule has 0 bridgehead atoms. The van der Waals surface area contributed by atoms with E-state index in [0.29, 0.717) is 0 Å². The van der Waals surface area contributed by atoms with E-state index in [0.717, 1.165) is 36.3 Å². The zero-order valence-corrected chi connectivity index (χ0v) is 12.3. The first-order chi connectivity index (χ1) is 10.2. The Kier molecular flexibility index (Phi) is 3.65. The van der Waals surface area contributed by atoms with Crippen LogP contribution in [-0.2, 0) is 11.2 Å². The molecule has 0 fully saturated rings. The van der Waals surface area contributed by atoms with Gasteiger partial charge in [0.2, 0.25) is 5.91 Å². The number of hydrogen-bond donors (Lipinski definition) is 1. The van der Waals surface area contributed by atoms with Crippen LogP contribution in [0.2, 0.25) is 0 Å². The van der Waals surface area contributed by atoms with E-state index >= 15 is 0 Å². The summed E-state index contributed by atoms with van der Waals surface area (Å²) in [4.78, 5) is 14.8. The van der Waals surface area contributed by atoms with Gasteiger partial charge < -0.3 is 10.6 Å². The fourth-order valence-electron chi connectivity index (χ4n) is 2.96. The molecule has 3 nitrogen and oxygen atoms in total. The van der Waals surface area contributed by atoms with E-state index in [1.165, 1.54) is 5.56 Å². The molecule has 0 aromatic heterocycles. The summed E-state index contributed by atoms with van der Waals surface area (Å²) in [6.07, 6.45) is 1.98. The summed E-state index contributed by atoms with van der Waals surface area (Å²) in [5, 5.41) is 0. The second kappa shape index (κ2) is 5.60. The number of nitrogen functional groups attached to an aromatic ring is 1. The van der Waals surface area contributed by atoms with Gasteiger partial charge in [-0.2, -0.15) is 0 Å². The van der Waals surface area contributed by atoms with E-state index in [1.807, 2.05) is 60.4 Å². The Hall–Kier alpha value is -2.29. The monoisotopic (exact) mass is 280 g/mol. The number of fused-ring (bicyclic) bond motifs is 1. The third kappa shape index (κ3) is 2.64. The Morgan fingerprint density at radius 1 is 1.19 bits per heavy atom. The maximum atomic E-state index is 12.8. The van der Waals surface area contributed by atoms with Crippen LogP contribution in [0.1, 0.15) is 30.4 Å². The average molecular weight is 280 g/mol. The second-order valence-corrected chi connectivity index (χ2v) is 5.61. The lowest BCUT2D eigenvalue weighted by molar-refractivity contribution is -0.119. The van der Waals surface area contributed by atoms with Gasteiger partial charge in [0.25, 0.3) is 0 Å². The molecule has 1 amide bonds. The van der Waals surface area contributed by atoms with Crippen molar-refractivity contribution in [1.82, 2.24) is 0 Å². The second-order valence-electron chi connectivity index (χ2n) is 5.61. The van der Waals surface area contributed by atoms with E-state index in [4.69, 9.17) is 5.73 Å². The van der Waals surface area contributed by atoms with E-state index in [9.17, 15) is 4.79 Å². The highest BCUT2D eigenvalue weighted by Gasteiger charge is 2.27. The highest BCUT2D eigenvalue weighted by Crippen LogP contribution is 2.31. The molecule has 3 heteroatoms. The molecule has 0 radical (unpaired) electrons. The normalized spacial score (nSPS) is 15.4. The Labute approximate surface area is 125 Å². The Morgan fingerprint density at radius 2 is 1.95 bits per heavy atom. The molecular formula is C18H20N2O. The summed E-state index contributed by atoms with van der Waals surface area (Å²) in [6.45, 7) is 2.76. The molecule has 2 aromatic rings. The van der Waals surface area contributed by atoms with Crippen molar-refractivity contribution in [3.8, 4) is 0 Å². The predicted octanol–water partition coefficient (Wildman–Crippen LogP) is 3.35. The average Bonchev–Trinajstić information content (AvgIpc) is 2.53. The number of anilines is 2. The van der Waals surface area contributed by atoms with Gasteiger partial charge in [0.15, 0.2) is 0 Å². The van der Waals surface area contributed by atoms with Gasteiger partial charge in [-0.25, -0.2) is 0 Å². The molecule has 0 spiro atoms. The summed E-state index contributed by atoms with van der Waals surface area (Å²) >= 11 is 0. The summed E-state index contributed by atoms with van der Waals surface area (Å²) in [5.41, 5.74) is 9.87. The Morgan fingerprint density at radius 3 is 2.71 bits per heavy atom. The van der Waals surface area contributed by atoms with E-state index in [1.54, 1.807) is 0 Å². The number of carbonyl (C=O) groups excluding carboxylic acids is 1. The fourth-order valence-corrected chi connectivity index (χ4v) is 2.96. The first kappa shape index (κ1) is 13.7. The summed E-state index contributed by atoms with van der Waals surface area (Å²) in [6, 6.07) is 15.8. The van der Waals surface area contributed by atoms with Crippen LogP contribution in [-0.4, -0.2) is 12.5 Å². The van der Waals surface area contributed by atoms with Gasteiger partial charge in [0, 0.05) is 17.9 Å². The lowest BCUT2D eigenvalue weighted by atomic mass is 9.96. The topological polar surface area (TPSA) is 46.3 Å². The molecule has 1 heterocycles. The van der Waals surface area contributed by atoms with Crippen molar-refractivity contribution in [1.29, 1.82) is 0 Å². The van der Waals surface area contributed by atoms with Crippen LogP contribution in [0.3, 0.4) is 0 Å². The standard InChI is InChI=1S/C18H20N2O/c1-13(14-6-3-2-4-7-14)18(21)20-11-5-8-15-12-16(19)9-10-17(15)20/h2-4,6-7,9-10,12-13H,5,8,11,19H2,1H3. The minimum Gasteiger partial charge on any atom is -0.399 e. The van der Waals surface area contributed by atoms with Crippen LogP contribution in [0, 0.1) is 0 Å². The van der Waals surface area contributed by atoms with Crippen molar-refractivity contribution < 1.29 is 4.79 Å². The number of aryl methyl sites for hydroxylation is 1. The molecule has 2 aromatic carbocycles. The first-order valence-corrected chi connectivity index (χ1v) is 7.41. The number of nitrogens with zero attached hydrogens (tertiary/aromatic N) is 1. The largest absolute Gasteiger partial charge is 0.399 e. The van der Waals surface area contributed by atoms with E-state index < -0.39 is 0 Å². The minimum absolute atomic E-state index is 0.130. The van der Waals surface area contributed by atoms with Crippen LogP contribution in [0.15, 0.2) is 48.5 Å². The minimum atomic E-state index is -0.130. The van der Waals surface area contributed by atoms with Crippen LogP contribution in [0.4, 0.5) is 11.4 Å². The number of nitrogens with two attached hydrogens (primary N) is 1. The van der Waals surface area contributed by atoms with Gasteiger partial charge in [-0.1, -0.05) is 30.3 Å². The van der Waals surface area contributed by atoms with Crippen molar-refractivity contribution in [2.45, 2.75) is 25.7 Å². The molecular weight excluding hydrogens is 260 g/mol. The van der Waals surface area contributed by atoms with Crippen molar-refractivity contribution in [2.24, 2.45) is 0 Å². The molecule has 1 unspecified atom stereocenters. The lowest BCUT2D eigenvalue weighted by Gasteiger charge is -2.31. The van der Waals surface area contributed by atoms with Crippen molar-refractivity contribution in [2.75, 3.05) is 17.2 Å². The van der Waals surface area contributed by atoms with Crippen molar-refractivity contribution in [3.05, 3.63) is 59.7 Å². The molecule has 0 saturated heterocycles. The highest BCUT2D eigenvalue weighted by atomic mass is 16.2. The zero-order chi connectivity index (χ0) is 14.8. The number of carbonyl (C=O) groups is 1. The number of amides is 1. The van der Waals surface area contributed by atoms with Gasteiger partial charge >= 0.3 is 0 Å². The molecule has 1 aliphatic rings. The SMILES string of the molecule is CC(C(=O)N1CCCc2cc(N)ccc21)c1ccccc1. The van der Waals surface area contributed by atoms with Gasteiger partial charge in [0.1, 0.15) is 0 Å². The molecule has 1 aliphatic heterocycles. The predicted molar refractivity (Wildman–Crippen MR) is 86.4 cm³/mol. The molecule has 108 valence electrons. The fraction of sp³-hybridized carbons (Fsp3) is 0.278. The van der Waals surface area contributed by atoms with Gasteiger partial charge in [0.05, 0.1) is 5.92 Å². The van der Waals surface area contributed by atoms with Gasteiger partial charge in [-0.3, -0.25) is 4.79 Å². The molecule has 3 rings (SSSR count). The van der Waals surface area contributed by atoms with Crippen LogP contribution >= 0.6 is 0 Å². The number of rotatable bonds is 2. The van der Waals surface area contributed by atoms with Crippen molar-refractivity contribution >= 4 is 17.3 Å². The number of hydrogen-bond acceptors (Lipinski definition) is 2. The molecule has 0 aliphatic carbocycles. The van der Waals surface area contributed by atoms with Crippen LogP contribution in [0.5, 0.6) is 0 Å². The van der Waals surface area contributed by atoms with Crippen LogP contribution < -0.4 is 10.6 Å². The zero-order valence-electron chi connectivity index (χ0n) is 12.3. The molecule has 0 saturated carbocycles. The molecule has 2 N–H and O–H groups in total. The molecule has 21 heavy (non-hydrogen) atoms. The Bertz CT molecular complexity index is 652. The lowest BCUT2D eigenvalue weighted by Crippen LogP contribution is -2.38. The Balaban J connectivity index is 1.90. The van der Waals surface area contributed by atoms with Gasteiger partial charge in [-0.05, 0) is 49.1 Å². The maximum absolute atomic E-state index is 12.8. The van der Waals surface area contributed by atoms with E-state index in [2.05, 4.69) is 0 Å². The van der Waals surface area contributed by atoms with E-state index in [-0.39, 0.29) is 11.8 Å². The smallest absolute Gasteiger partial charge is 0.234 e. The van der Waals surface area contributed by atoms with Gasteiger partial charge in [-0.15, -0.1) is 0 Å². The third-order valence-corrected chi connectivity index (χ3v) is 4.16. The first-order valence-electron chi connectivity index (χ1n) is 7.41. The summed E-state index contributed by atoms with van der Waals surface area (Å²) in [7, 11) is 0.